The summed E-state index contributed by atoms with van der Waals surface area (Å²) in [5.74, 6) is 1.39. The molecule has 8 nitrogen and oxygen atoms in total. The summed E-state index contributed by atoms with van der Waals surface area (Å²) < 4.78 is 18.9. The summed E-state index contributed by atoms with van der Waals surface area (Å²) in [5, 5.41) is 0. The van der Waals surface area contributed by atoms with Crippen LogP contribution in [0.15, 0.2) is 85.1 Å². The second-order valence-electron chi connectivity index (χ2n) is 9.93. The topological polar surface area (TPSA) is 73.2 Å². The van der Waals surface area contributed by atoms with Gasteiger partial charge in [-0.1, -0.05) is 24.3 Å². The molecule has 4 aromatic rings. The molecule has 6 rings (SSSR count). The van der Waals surface area contributed by atoms with Crippen LogP contribution in [0, 0.1) is 0 Å². The average molecular weight is 538 g/mol. The van der Waals surface area contributed by atoms with Gasteiger partial charge in [-0.3, -0.25) is 14.5 Å². The number of carbonyl (C=O) groups excluding carboxylic acids is 2. The van der Waals surface area contributed by atoms with Gasteiger partial charge in [-0.25, -0.2) is 0 Å². The lowest BCUT2D eigenvalue weighted by molar-refractivity contribution is -0.119. The standard InChI is InChI=1S/C32H31N3O5/c1-38-22-16-17-29(40-3)24(19-22)31-27-12-8-18-33(27)25-10-5-6-11-26(25)35(31)30(36)20-34(21-14-15-21)32(37)23-9-4-7-13-28(23)39-2/h4-13,16-19,21,31H,14-15,20H2,1-3H3. The Labute approximate surface area is 233 Å². The minimum atomic E-state index is -0.509. The smallest absolute Gasteiger partial charge is 0.258 e. The molecule has 1 aromatic heterocycles. The number of rotatable bonds is 8. The van der Waals surface area contributed by atoms with Gasteiger partial charge in [0, 0.05) is 17.8 Å². The van der Waals surface area contributed by atoms with Crippen LogP contribution in [-0.4, -0.2) is 55.2 Å². The molecule has 2 heterocycles. The van der Waals surface area contributed by atoms with E-state index >= 15 is 0 Å². The summed E-state index contributed by atoms with van der Waals surface area (Å²) in [6.45, 7) is -0.0701. The molecule has 1 atom stereocenters. The van der Waals surface area contributed by atoms with Crippen LogP contribution < -0.4 is 19.1 Å². The second kappa shape index (κ2) is 10.4. The van der Waals surface area contributed by atoms with Crippen molar-refractivity contribution in [2.45, 2.75) is 24.9 Å². The summed E-state index contributed by atoms with van der Waals surface area (Å²) in [5.41, 5.74) is 3.80. The summed E-state index contributed by atoms with van der Waals surface area (Å²) in [4.78, 5) is 31.8. The van der Waals surface area contributed by atoms with Gasteiger partial charge in [-0.05, 0) is 67.4 Å². The van der Waals surface area contributed by atoms with Crippen LogP contribution in [0.1, 0.15) is 40.5 Å². The Hall–Kier alpha value is -4.72. The molecule has 8 heteroatoms. The highest BCUT2D eigenvalue weighted by Gasteiger charge is 2.41. The van der Waals surface area contributed by atoms with E-state index in [-0.39, 0.29) is 24.4 Å². The maximum Gasteiger partial charge on any atom is 0.258 e. The van der Waals surface area contributed by atoms with Crippen molar-refractivity contribution in [2.75, 3.05) is 32.8 Å². The molecule has 1 fully saturated rings. The van der Waals surface area contributed by atoms with E-state index in [9.17, 15) is 9.59 Å². The summed E-state index contributed by atoms with van der Waals surface area (Å²) >= 11 is 0. The molecule has 2 amide bonds. The van der Waals surface area contributed by atoms with E-state index in [1.54, 1.807) is 43.3 Å². The first-order chi connectivity index (χ1) is 19.5. The number of ether oxygens (including phenoxy) is 3. The van der Waals surface area contributed by atoms with Gasteiger partial charge in [0.2, 0.25) is 5.91 Å². The Balaban J connectivity index is 1.45. The molecule has 3 aromatic carbocycles. The lowest BCUT2D eigenvalue weighted by atomic mass is 9.96. The summed E-state index contributed by atoms with van der Waals surface area (Å²) in [7, 11) is 4.78. The van der Waals surface area contributed by atoms with Crippen LogP contribution in [0.3, 0.4) is 0 Å². The minimum Gasteiger partial charge on any atom is -0.497 e. The molecular formula is C32H31N3O5. The molecule has 0 saturated heterocycles. The van der Waals surface area contributed by atoms with Gasteiger partial charge in [0.15, 0.2) is 0 Å². The predicted molar refractivity (Wildman–Crippen MR) is 152 cm³/mol. The van der Waals surface area contributed by atoms with Crippen molar-refractivity contribution in [3.8, 4) is 22.9 Å². The SMILES string of the molecule is COc1ccc(OC)c(C2c3cccn3-c3ccccc3N2C(=O)CN(C(=O)c2ccccc2OC)C2CC2)c1. The van der Waals surface area contributed by atoms with Crippen molar-refractivity contribution < 1.29 is 23.8 Å². The van der Waals surface area contributed by atoms with Gasteiger partial charge < -0.3 is 23.7 Å². The van der Waals surface area contributed by atoms with Crippen LogP contribution in [-0.2, 0) is 4.79 Å². The van der Waals surface area contributed by atoms with E-state index in [2.05, 4.69) is 4.57 Å². The lowest BCUT2D eigenvalue weighted by Gasteiger charge is -2.40. The van der Waals surface area contributed by atoms with E-state index in [1.165, 1.54) is 0 Å². The van der Waals surface area contributed by atoms with Gasteiger partial charge in [0.05, 0.1) is 44.0 Å². The Morgan fingerprint density at radius 3 is 2.27 bits per heavy atom. The lowest BCUT2D eigenvalue weighted by Crippen LogP contribution is -2.47. The number of nitrogens with zero attached hydrogens (tertiary/aromatic N) is 3. The summed E-state index contributed by atoms with van der Waals surface area (Å²) in [6.07, 6.45) is 3.72. The second-order valence-corrected chi connectivity index (χ2v) is 9.93. The van der Waals surface area contributed by atoms with Crippen LogP contribution in [0.2, 0.25) is 0 Å². The molecule has 2 aliphatic rings. The third kappa shape index (κ3) is 4.35. The van der Waals surface area contributed by atoms with Crippen LogP contribution in [0.25, 0.3) is 5.69 Å². The zero-order chi connectivity index (χ0) is 27.8. The van der Waals surface area contributed by atoms with Gasteiger partial charge >= 0.3 is 0 Å². The Morgan fingerprint density at radius 1 is 0.825 bits per heavy atom. The fraction of sp³-hybridized carbons (Fsp3) is 0.250. The van der Waals surface area contributed by atoms with Crippen molar-refractivity contribution in [3.63, 3.8) is 0 Å². The van der Waals surface area contributed by atoms with E-state index in [1.807, 2.05) is 72.9 Å². The number of hydrogen-bond acceptors (Lipinski definition) is 5. The van der Waals surface area contributed by atoms with Crippen molar-refractivity contribution >= 4 is 17.5 Å². The van der Waals surface area contributed by atoms with Gasteiger partial charge in [0.25, 0.3) is 5.91 Å². The minimum absolute atomic E-state index is 0.00932. The maximum atomic E-state index is 14.5. The molecule has 1 aliphatic carbocycles. The first-order valence-electron chi connectivity index (χ1n) is 13.3. The molecule has 1 saturated carbocycles. The monoisotopic (exact) mass is 537 g/mol. The van der Waals surface area contributed by atoms with Gasteiger partial charge in [-0.2, -0.15) is 0 Å². The normalized spacial score (nSPS) is 15.6. The van der Waals surface area contributed by atoms with E-state index in [0.717, 1.165) is 35.5 Å². The highest BCUT2D eigenvalue weighted by Crippen LogP contribution is 2.45. The Kier molecular flexibility index (Phi) is 6.67. The third-order valence-electron chi connectivity index (χ3n) is 7.61. The van der Waals surface area contributed by atoms with Crippen LogP contribution >= 0.6 is 0 Å². The largest absolute Gasteiger partial charge is 0.497 e. The number of hydrogen-bond donors (Lipinski definition) is 0. The molecule has 40 heavy (non-hydrogen) atoms. The zero-order valence-electron chi connectivity index (χ0n) is 22.7. The highest BCUT2D eigenvalue weighted by molar-refractivity contribution is 6.03. The number of amides is 2. The number of methoxy groups -OCH3 is 3. The maximum absolute atomic E-state index is 14.5. The number of para-hydroxylation sites is 3. The molecule has 0 N–H and O–H groups in total. The van der Waals surface area contributed by atoms with E-state index in [4.69, 9.17) is 14.2 Å². The molecule has 0 bridgehead atoms. The number of aromatic nitrogens is 1. The molecule has 204 valence electrons. The summed E-state index contributed by atoms with van der Waals surface area (Å²) in [6, 6.07) is 24.1. The first-order valence-corrected chi connectivity index (χ1v) is 13.3. The molecule has 1 aliphatic heterocycles. The van der Waals surface area contributed by atoms with Crippen molar-refractivity contribution in [3.05, 3.63) is 102 Å². The van der Waals surface area contributed by atoms with Crippen molar-refractivity contribution in [1.82, 2.24) is 9.47 Å². The molecule has 1 unspecified atom stereocenters. The number of fused-ring (bicyclic) bond motifs is 3. The van der Waals surface area contributed by atoms with Gasteiger partial charge in [0.1, 0.15) is 29.8 Å². The highest BCUT2D eigenvalue weighted by atomic mass is 16.5. The number of anilines is 1. The third-order valence-corrected chi connectivity index (χ3v) is 7.61. The van der Waals surface area contributed by atoms with Gasteiger partial charge in [-0.15, -0.1) is 0 Å². The molecular weight excluding hydrogens is 506 g/mol. The van der Waals surface area contributed by atoms with E-state index < -0.39 is 6.04 Å². The average Bonchev–Trinajstić information content (AvgIpc) is 3.73. The Bertz CT molecular complexity index is 1570. The molecule has 0 radical (unpaired) electrons. The van der Waals surface area contributed by atoms with Crippen molar-refractivity contribution in [2.24, 2.45) is 0 Å². The predicted octanol–water partition coefficient (Wildman–Crippen LogP) is 5.24. The number of carbonyl (C=O) groups is 2. The fourth-order valence-corrected chi connectivity index (χ4v) is 5.56. The quantitative estimate of drug-likeness (QED) is 0.307. The molecule has 0 spiro atoms. The Morgan fingerprint density at radius 2 is 1.55 bits per heavy atom. The first kappa shape index (κ1) is 25.6. The number of benzene rings is 3. The van der Waals surface area contributed by atoms with E-state index in [0.29, 0.717) is 22.8 Å². The van der Waals surface area contributed by atoms with Crippen molar-refractivity contribution in [1.29, 1.82) is 0 Å². The van der Waals surface area contributed by atoms with Crippen LogP contribution in [0.4, 0.5) is 5.69 Å². The zero-order valence-corrected chi connectivity index (χ0v) is 22.7. The van der Waals surface area contributed by atoms with Crippen LogP contribution in [0.5, 0.6) is 17.2 Å². The fourth-order valence-electron chi connectivity index (χ4n) is 5.56.